The molecule has 1 rings (SSSR count). The van der Waals surface area contributed by atoms with E-state index in [4.69, 9.17) is 5.11 Å². The van der Waals surface area contributed by atoms with Gasteiger partial charge in [-0.1, -0.05) is 20.8 Å². The minimum Gasteiger partial charge on any atom is -0.395 e. The SMILES string of the molecule is CC1CCC(NCCO)C(C)(C)C1. The van der Waals surface area contributed by atoms with E-state index in [2.05, 4.69) is 26.1 Å². The molecule has 0 aliphatic heterocycles. The Morgan fingerprint density at radius 1 is 1.38 bits per heavy atom. The van der Waals surface area contributed by atoms with Gasteiger partial charge in [-0.05, 0) is 30.6 Å². The van der Waals surface area contributed by atoms with Gasteiger partial charge in [-0.2, -0.15) is 0 Å². The van der Waals surface area contributed by atoms with Crippen LogP contribution in [0.3, 0.4) is 0 Å². The molecule has 1 fully saturated rings. The van der Waals surface area contributed by atoms with Gasteiger partial charge in [-0.3, -0.25) is 0 Å². The summed E-state index contributed by atoms with van der Waals surface area (Å²) in [6.45, 7) is 7.99. The Kier molecular flexibility index (Phi) is 3.74. The van der Waals surface area contributed by atoms with E-state index in [1.54, 1.807) is 0 Å². The molecule has 0 bridgehead atoms. The quantitative estimate of drug-likeness (QED) is 0.702. The van der Waals surface area contributed by atoms with Gasteiger partial charge in [0.25, 0.3) is 0 Å². The monoisotopic (exact) mass is 185 g/mol. The summed E-state index contributed by atoms with van der Waals surface area (Å²) in [6.07, 6.45) is 3.89. The predicted octanol–water partition coefficient (Wildman–Crippen LogP) is 1.78. The van der Waals surface area contributed by atoms with Gasteiger partial charge >= 0.3 is 0 Å². The van der Waals surface area contributed by atoms with Crippen molar-refractivity contribution in [3.8, 4) is 0 Å². The Bertz CT molecular complexity index is 154. The van der Waals surface area contributed by atoms with Crippen LogP contribution in [0.5, 0.6) is 0 Å². The van der Waals surface area contributed by atoms with Crippen molar-refractivity contribution >= 4 is 0 Å². The maximum Gasteiger partial charge on any atom is 0.0556 e. The van der Waals surface area contributed by atoms with E-state index in [9.17, 15) is 0 Å². The van der Waals surface area contributed by atoms with Crippen LogP contribution in [-0.2, 0) is 0 Å². The predicted molar refractivity (Wildman–Crippen MR) is 55.7 cm³/mol. The Balaban J connectivity index is 2.44. The molecule has 2 atom stereocenters. The van der Waals surface area contributed by atoms with Crippen LogP contribution in [0.4, 0.5) is 0 Å². The van der Waals surface area contributed by atoms with Crippen molar-refractivity contribution in [3.05, 3.63) is 0 Å². The van der Waals surface area contributed by atoms with Gasteiger partial charge in [-0.25, -0.2) is 0 Å². The molecular weight excluding hydrogens is 162 g/mol. The molecule has 0 saturated heterocycles. The molecule has 13 heavy (non-hydrogen) atoms. The highest BCUT2D eigenvalue weighted by Gasteiger charge is 2.34. The summed E-state index contributed by atoms with van der Waals surface area (Å²) in [5, 5.41) is 12.2. The van der Waals surface area contributed by atoms with Gasteiger partial charge in [0.15, 0.2) is 0 Å². The molecule has 78 valence electrons. The maximum atomic E-state index is 8.76. The van der Waals surface area contributed by atoms with Crippen LogP contribution < -0.4 is 5.32 Å². The lowest BCUT2D eigenvalue weighted by molar-refractivity contribution is 0.124. The molecule has 0 aromatic rings. The standard InChI is InChI=1S/C11H23NO/c1-9-4-5-10(12-6-7-13)11(2,3)8-9/h9-10,12-13H,4-8H2,1-3H3. The van der Waals surface area contributed by atoms with Gasteiger partial charge in [0.2, 0.25) is 0 Å². The highest BCUT2D eigenvalue weighted by Crippen LogP contribution is 2.38. The summed E-state index contributed by atoms with van der Waals surface area (Å²) in [7, 11) is 0. The molecule has 1 saturated carbocycles. The molecule has 0 spiro atoms. The fourth-order valence-corrected chi connectivity index (χ4v) is 2.60. The highest BCUT2D eigenvalue weighted by atomic mass is 16.3. The normalized spacial score (nSPS) is 33.2. The van der Waals surface area contributed by atoms with Crippen molar-refractivity contribution < 1.29 is 5.11 Å². The van der Waals surface area contributed by atoms with Crippen LogP contribution in [0.25, 0.3) is 0 Å². The van der Waals surface area contributed by atoms with Gasteiger partial charge in [0.1, 0.15) is 0 Å². The molecule has 1 aliphatic rings. The van der Waals surface area contributed by atoms with Gasteiger partial charge in [0, 0.05) is 12.6 Å². The van der Waals surface area contributed by atoms with Crippen molar-refractivity contribution in [1.82, 2.24) is 5.32 Å². The average Bonchev–Trinajstić information content (AvgIpc) is 2.01. The third kappa shape index (κ3) is 2.96. The third-order valence-electron chi connectivity index (χ3n) is 3.27. The second kappa shape index (κ2) is 4.43. The first-order valence-corrected chi connectivity index (χ1v) is 5.40. The van der Waals surface area contributed by atoms with E-state index in [1.807, 2.05) is 0 Å². The minimum absolute atomic E-state index is 0.252. The van der Waals surface area contributed by atoms with Gasteiger partial charge in [-0.15, -0.1) is 0 Å². The molecular formula is C11H23NO. The molecule has 0 radical (unpaired) electrons. The third-order valence-corrected chi connectivity index (χ3v) is 3.27. The van der Waals surface area contributed by atoms with Crippen LogP contribution in [0.15, 0.2) is 0 Å². The van der Waals surface area contributed by atoms with E-state index >= 15 is 0 Å². The summed E-state index contributed by atoms with van der Waals surface area (Å²) < 4.78 is 0. The van der Waals surface area contributed by atoms with Crippen LogP contribution >= 0.6 is 0 Å². The van der Waals surface area contributed by atoms with Crippen molar-refractivity contribution in [3.63, 3.8) is 0 Å². The number of rotatable bonds is 3. The largest absolute Gasteiger partial charge is 0.395 e. The van der Waals surface area contributed by atoms with Crippen LogP contribution in [-0.4, -0.2) is 24.3 Å². The smallest absolute Gasteiger partial charge is 0.0556 e. The zero-order chi connectivity index (χ0) is 9.90. The highest BCUT2D eigenvalue weighted by molar-refractivity contribution is 4.89. The molecule has 0 aromatic heterocycles. The Labute approximate surface area is 81.7 Å². The van der Waals surface area contributed by atoms with Crippen molar-refractivity contribution in [2.45, 2.75) is 46.1 Å². The minimum atomic E-state index is 0.252. The first-order chi connectivity index (χ1) is 6.06. The molecule has 0 heterocycles. The Morgan fingerprint density at radius 2 is 2.08 bits per heavy atom. The van der Waals surface area contributed by atoms with Crippen molar-refractivity contribution in [1.29, 1.82) is 0 Å². The van der Waals surface area contributed by atoms with E-state index in [-0.39, 0.29) is 6.61 Å². The number of hydrogen-bond donors (Lipinski definition) is 2. The van der Waals surface area contributed by atoms with E-state index in [0.717, 1.165) is 12.5 Å². The number of hydrogen-bond acceptors (Lipinski definition) is 2. The number of aliphatic hydroxyl groups is 1. The lowest BCUT2D eigenvalue weighted by Crippen LogP contribution is -2.46. The molecule has 0 aromatic carbocycles. The van der Waals surface area contributed by atoms with Crippen LogP contribution in [0, 0.1) is 11.3 Å². The summed E-state index contributed by atoms with van der Waals surface area (Å²) in [5.74, 6) is 0.863. The average molecular weight is 185 g/mol. The van der Waals surface area contributed by atoms with Crippen LogP contribution in [0.2, 0.25) is 0 Å². The van der Waals surface area contributed by atoms with Gasteiger partial charge < -0.3 is 10.4 Å². The summed E-state index contributed by atoms with van der Waals surface area (Å²) in [4.78, 5) is 0. The second-order valence-corrected chi connectivity index (χ2v) is 5.11. The maximum absolute atomic E-state index is 8.76. The molecule has 2 nitrogen and oxygen atoms in total. The zero-order valence-electron chi connectivity index (χ0n) is 9.14. The van der Waals surface area contributed by atoms with Crippen molar-refractivity contribution in [2.24, 2.45) is 11.3 Å². The topological polar surface area (TPSA) is 32.3 Å². The summed E-state index contributed by atoms with van der Waals surface area (Å²) >= 11 is 0. The second-order valence-electron chi connectivity index (χ2n) is 5.11. The van der Waals surface area contributed by atoms with Crippen LogP contribution in [0.1, 0.15) is 40.0 Å². The van der Waals surface area contributed by atoms with Crippen molar-refractivity contribution in [2.75, 3.05) is 13.2 Å². The fraction of sp³-hybridized carbons (Fsp3) is 1.00. The first kappa shape index (κ1) is 11.0. The summed E-state index contributed by atoms with van der Waals surface area (Å²) in [6, 6.07) is 0.593. The number of aliphatic hydroxyl groups excluding tert-OH is 1. The fourth-order valence-electron chi connectivity index (χ4n) is 2.60. The first-order valence-electron chi connectivity index (χ1n) is 5.40. The zero-order valence-corrected chi connectivity index (χ0v) is 9.14. The molecule has 2 heteroatoms. The van der Waals surface area contributed by atoms with Gasteiger partial charge in [0.05, 0.1) is 6.61 Å². The van der Waals surface area contributed by atoms with E-state index in [1.165, 1.54) is 19.3 Å². The molecule has 0 amide bonds. The summed E-state index contributed by atoms with van der Waals surface area (Å²) in [5.41, 5.74) is 0.396. The number of nitrogens with one attached hydrogen (secondary N) is 1. The van der Waals surface area contributed by atoms with E-state index < -0.39 is 0 Å². The van der Waals surface area contributed by atoms with E-state index in [0.29, 0.717) is 11.5 Å². The molecule has 1 aliphatic carbocycles. The Morgan fingerprint density at radius 3 is 2.62 bits per heavy atom. The lowest BCUT2D eigenvalue weighted by atomic mass is 9.69. The molecule has 2 unspecified atom stereocenters. The lowest BCUT2D eigenvalue weighted by Gasteiger charge is -2.42. The molecule has 2 N–H and O–H groups in total. The Hall–Kier alpha value is -0.0800.